The number of terminal acetylenes is 2. The number of carboxylic acid groups (broad SMARTS) is 3. The van der Waals surface area contributed by atoms with Crippen molar-refractivity contribution in [1.29, 1.82) is 0 Å². The summed E-state index contributed by atoms with van der Waals surface area (Å²) in [6.45, 7) is 1.50. The maximum atomic E-state index is 13.4. The number of aromatic nitrogens is 14. The molecule has 0 atom stereocenters. The second-order valence-corrected chi connectivity index (χ2v) is 29.5. The topological polar surface area (TPSA) is 413 Å². The lowest BCUT2D eigenvalue weighted by atomic mass is 10.1. The van der Waals surface area contributed by atoms with E-state index in [1.807, 2.05) is 66.7 Å². The van der Waals surface area contributed by atoms with E-state index in [1.165, 1.54) is 80.8 Å². The van der Waals surface area contributed by atoms with Crippen LogP contribution in [0.3, 0.4) is 0 Å². The number of benzene rings is 10. The monoisotopic (exact) mass is 1780 g/mol. The number of alkyl halides is 3. The van der Waals surface area contributed by atoms with Gasteiger partial charge in [-0.15, -0.1) is 12.8 Å². The lowest BCUT2D eigenvalue weighted by molar-refractivity contribution is -0.137. The van der Waals surface area contributed by atoms with Gasteiger partial charge in [-0.2, -0.15) is 13.2 Å². The average molecular weight is 1780 g/mol. The molecule has 0 spiro atoms. The summed E-state index contributed by atoms with van der Waals surface area (Å²) in [5.74, 6) is 3.39. The number of Topliss-reactive ketones (excluding diaryl/α,β-unsaturated/α-hetero) is 1. The predicted octanol–water partition coefficient (Wildman–Crippen LogP) is 21.0. The van der Waals surface area contributed by atoms with Crippen LogP contribution in [0.1, 0.15) is 75.4 Å². The molecular formula is C97H60Cl2F4N20O8. The van der Waals surface area contributed by atoms with Crippen LogP contribution < -0.4 is 32.3 Å². The van der Waals surface area contributed by atoms with Crippen molar-refractivity contribution in [3.8, 4) is 24.7 Å². The minimum absolute atomic E-state index is 0.00795. The first-order valence-corrected chi connectivity index (χ1v) is 39.7. The first kappa shape index (κ1) is 86.5. The fraction of sp³-hybridized carbons (Fsp3) is 0.0206. The van der Waals surface area contributed by atoms with Crippen molar-refractivity contribution >= 4 is 219 Å². The van der Waals surface area contributed by atoms with Crippen LogP contribution in [0.2, 0.25) is 10.0 Å². The smallest absolute Gasteiger partial charge is 0.416 e. The van der Waals surface area contributed by atoms with Crippen LogP contribution >= 0.6 is 23.2 Å². The summed E-state index contributed by atoms with van der Waals surface area (Å²) in [7, 11) is 0. The molecule has 0 bridgehead atoms. The van der Waals surface area contributed by atoms with E-state index in [1.54, 1.807) is 122 Å². The number of carbonyl (C=O) groups excluding carboxylic acids is 2. The molecule has 0 aliphatic rings. The van der Waals surface area contributed by atoms with Crippen molar-refractivity contribution in [3.05, 3.63) is 335 Å². The van der Waals surface area contributed by atoms with Gasteiger partial charge in [0, 0.05) is 152 Å². The Morgan fingerprint density at radius 1 is 0.366 bits per heavy atom. The summed E-state index contributed by atoms with van der Waals surface area (Å²) in [4.78, 5) is 118. The number of nitrogens with one attached hydrogen (secondary N) is 5. The molecule has 0 saturated heterocycles. The lowest BCUT2D eigenvalue weighted by Crippen LogP contribution is -2.10. The van der Waals surface area contributed by atoms with Crippen molar-refractivity contribution in [3.63, 3.8) is 0 Å². The van der Waals surface area contributed by atoms with Crippen molar-refractivity contribution in [2.45, 2.75) is 13.1 Å². The standard InChI is InChI=1S/C20H12F3N3O2.C20H13N5O.C20H12N4O2.C19H12ClFN4O.C18H11ClN4O2/c21-20(22,23)12-2-1-3-13(9-12)25-18-15-6-7-24-10-16(15)14-5-4-11(19(27)28)8-17(14)26-18;1-2-12-4-3-5-14(8-12)24-20-18-16(10-22-11-23-18)15-7-6-13(19(21)26)9-17(15)25-20;1-2-12-4-3-5-14(8-12)23-19-18-16(10-21-11-22-18)15-7-6-13(20(25)26)9-17(15)24-19;1-10(26)11-2-4-13-14-8-22-9-23-18(14)19(25-17(13)6-11)24-12-3-5-16(21)15(20)7-12;19-11-2-1-3-12(7-11)22-17-16-14(8-20-9-21-16)13-5-4-10(18(24)25)6-15(13)23-17/h1-10H,(H,25,26)(H,27,28);1,3-11H,(H2,21,26)(H,24,25);1,3-11H,(H,23,24)(H,25,26);2-9H,1H3,(H,24,25);1-9H,(H,22,23)(H,24,25). The largest absolute Gasteiger partial charge is 0.478 e. The summed E-state index contributed by atoms with van der Waals surface area (Å²) in [5.41, 5.74) is 15.9. The van der Waals surface area contributed by atoms with Crippen LogP contribution in [0.5, 0.6) is 0 Å². The molecule has 28 nitrogen and oxygen atoms in total. The number of fused-ring (bicyclic) bond motifs is 15. The Morgan fingerprint density at radius 2 is 0.710 bits per heavy atom. The fourth-order valence-electron chi connectivity index (χ4n) is 14.0. The number of pyridine rings is 6. The Bertz CT molecular complexity index is 7960. The summed E-state index contributed by atoms with van der Waals surface area (Å²) < 4.78 is 52.3. The van der Waals surface area contributed by atoms with E-state index in [9.17, 15) is 56.9 Å². The predicted molar refractivity (Wildman–Crippen MR) is 495 cm³/mol. The second-order valence-electron chi connectivity index (χ2n) is 28.7. The molecule has 0 aliphatic heterocycles. The third-order valence-corrected chi connectivity index (χ3v) is 20.7. The SMILES string of the molecule is C#Cc1cccc(Nc2nc3cc(C(=O)O)ccc3c3cncnc23)c1.C#Cc1cccc(Nc2nc3cc(C(N)=O)ccc3c3cncnc23)c1.CC(=O)c1ccc2c(c1)nc(Nc1ccc(F)c(Cl)c1)c1ncncc12.O=C(O)c1ccc2c(c1)nc(Nc1cccc(C(F)(F)F)c1)c1ccncc12.O=C(O)c1ccc2c(c1)nc(Nc1cccc(Cl)c1)c1ncncc12. The highest BCUT2D eigenvalue weighted by molar-refractivity contribution is 6.31. The molecule has 10 aromatic carbocycles. The highest BCUT2D eigenvalue weighted by Crippen LogP contribution is 2.39. The van der Waals surface area contributed by atoms with Gasteiger partial charge in [-0.05, 0) is 159 Å². The second kappa shape index (κ2) is 37.4. The zero-order chi connectivity index (χ0) is 91.7. The number of hydrogen-bond acceptors (Lipinski definition) is 24. The number of nitrogens with zero attached hydrogens (tertiary/aromatic N) is 14. The Kier molecular flexibility index (Phi) is 24.7. The van der Waals surface area contributed by atoms with E-state index in [2.05, 4.69) is 108 Å². The van der Waals surface area contributed by atoms with Gasteiger partial charge in [0.2, 0.25) is 5.91 Å². The van der Waals surface area contributed by atoms with E-state index >= 15 is 0 Å². The van der Waals surface area contributed by atoms with Crippen molar-refractivity contribution in [2.75, 3.05) is 26.6 Å². The number of nitrogens with two attached hydrogens (primary N) is 1. The summed E-state index contributed by atoms with van der Waals surface area (Å²) in [5, 5.41) is 52.5. The fourth-order valence-corrected chi connectivity index (χ4v) is 14.4. The van der Waals surface area contributed by atoms with E-state index < -0.39 is 41.4 Å². The van der Waals surface area contributed by atoms with Crippen LogP contribution in [-0.2, 0) is 6.18 Å². The number of aromatic carboxylic acids is 3. The van der Waals surface area contributed by atoms with Gasteiger partial charge in [-0.1, -0.05) is 95.7 Å². The molecule has 0 aliphatic carbocycles. The quantitative estimate of drug-likeness (QED) is 0.0199. The number of halogens is 6. The molecule has 0 radical (unpaired) electrons. The zero-order valence-electron chi connectivity index (χ0n) is 67.6. The van der Waals surface area contributed by atoms with E-state index in [0.717, 1.165) is 83.4 Å². The van der Waals surface area contributed by atoms with Gasteiger partial charge in [0.15, 0.2) is 29.1 Å². The summed E-state index contributed by atoms with van der Waals surface area (Å²) in [6, 6.07) is 57.4. The average Bonchev–Trinajstić information content (AvgIpc) is 0.774. The third kappa shape index (κ3) is 19.3. The molecule has 0 unspecified atom stereocenters. The molecule has 0 saturated carbocycles. The van der Waals surface area contributed by atoms with Crippen LogP contribution in [0.4, 0.5) is 75.1 Å². The van der Waals surface area contributed by atoms with Crippen LogP contribution in [0, 0.1) is 30.5 Å². The van der Waals surface area contributed by atoms with Crippen LogP contribution in [0.25, 0.3) is 109 Å². The Hall–Kier alpha value is -18.0. The number of anilines is 10. The van der Waals surface area contributed by atoms with Gasteiger partial charge in [0.1, 0.15) is 59.0 Å². The number of carboxylic acids is 3. The molecule has 0 fully saturated rings. The minimum atomic E-state index is -4.46. The third-order valence-electron chi connectivity index (χ3n) is 20.2. The number of carbonyl (C=O) groups is 5. The molecule has 10 aromatic heterocycles. The minimum Gasteiger partial charge on any atom is -0.478 e. The van der Waals surface area contributed by atoms with Crippen molar-refractivity contribution < 1.29 is 56.9 Å². The highest BCUT2D eigenvalue weighted by atomic mass is 35.5. The molecule has 131 heavy (non-hydrogen) atoms. The molecule has 20 aromatic rings. The lowest BCUT2D eigenvalue weighted by Gasteiger charge is -2.13. The normalized spacial score (nSPS) is 11.0. The molecular weight excluding hydrogens is 1720 g/mol. The van der Waals surface area contributed by atoms with Gasteiger partial charge in [-0.3, -0.25) is 14.6 Å². The van der Waals surface area contributed by atoms with Gasteiger partial charge >= 0.3 is 24.1 Å². The summed E-state index contributed by atoms with van der Waals surface area (Å²) >= 11 is 11.9. The molecule has 638 valence electrons. The van der Waals surface area contributed by atoms with Gasteiger partial charge < -0.3 is 47.6 Å². The number of amides is 1. The zero-order valence-corrected chi connectivity index (χ0v) is 69.1. The van der Waals surface area contributed by atoms with Gasteiger partial charge in [-0.25, -0.2) is 83.6 Å². The molecule has 10 heterocycles. The maximum absolute atomic E-state index is 13.4. The maximum Gasteiger partial charge on any atom is 0.416 e. The Morgan fingerprint density at radius 3 is 1.10 bits per heavy atom. The molecule has 20 rings (SSSR count). The van der Waals surface area contributed by atoms with Gasteiger partial charge in [0.25, 0.3) is 0 Å². The molecule has 1 amide bonds. The van der Waals surface area contributed by atoms with Crippen LogP contribution in [0.15, 0.2) is 275 Å². The van der Waals surface area contributed by atoms with Crippen LogP contribution in [-0.4, -0.2) is 115 Å². The van der Waals surface area contributed by atoms with Gasteiger partial charge in [0.05, 0.1) is 54.9 Å². The first-order chi connectivity index (χ1) is 63.3. The van der Waals surface area contributed by atoms with E-state index in [0.29, 0.717) is 117 Å². The molecule has 34 heteroatoms. The van der Waals surface area contributed by atoms with Crippen molar-refractivity contribution in [1.82, 2.24) is 69.8 Å². The Balaban J connectivity index is 0.000000120. The number of ketones is 1. The number of primary amides is 1. The van der Waals surface area contributed by atoms with Crippen molar-refractivity contribution in [2.24, 2.45) is 5.73 Å². The van der Waals surface area contributed by atoms with E-state index in [4.69, 9.17) is 41.8 Å². The van der Waals surface area contributed by atoms with E-state index in [-0.39, 0.29) is 33.2 Å². The number of rotatable bonds is 15. The summed E-state index contributed by atoms with van der Waals surface area (Å²) in [6.07, 6.45) is 22.2. The number of hydrogen-bond donors (Lipinski definition) is 9. The Labute approximate surface area is 746 Å². The highest BCUT2D eigenvalue weighted by Gasteiger charge is 2.31. The first-order valence-electron chi connectivity index (χ1n) is 39.0. The molecule has 10 N–H and O–H groups in total.